The van der Waals surface area contributed by atoms with E-state index in [1.807, 2.05) is 30.3 Å². The first-order valence-electron chi connectivity index (χ1n) is 5.89. The minimum absolute atomic E-state index is 0.721. The second-order valence-corrected chi connectivity index (χ2v) is 5.47. The minimum Gasteiger partial charge on any atom is -0.492 e. The molecule has 1 aliphatic rings. The average molecular weight is 284 g/mol. The number of piperidine rings is 1. The molecule has 2 rings (SSSR count). The van der Waals surface area contributed by atoms with E-state index in [4.69, 9.17) is 4.74 Å². The molecule has 88 valence electrons. The number of para-hydroxylation sites is 1. The van der Waals surface area contributed by atoms with Crippen LogP contribution in [0, 0.1) is 0 Å². The molecule has 0 aromatic heterocycles. The number of halogens is 1. The van der Waals surface area contributed by atoms with Crippen molar-refractivity contribution in [1.29, 1.82) is 0 Å². The molecule has 2 nitrogen and oxygen atoms in total. The third kappa shape index (κ3) is 3.80. The van der Waals surface area contributed by atoms with E-state index in [2.05, 4.69) is 20.8 Å². The average Bonchev–Trinajstić information content (AvgIpc) is 2.33. The van der Waals surface area contributed by atoms with Gasteiger partial charge in [0.2, 0.25) is 0 Å². The summed E-state index contributed by atoms with van der Waals surface area (Å²) in [5.74, 6) is 0.970. The van der Waals surface area contributed by atoms with Crippen LogP contribution in [0.15, 0.2) is 30.3 Å². The number of hydrogen-bond acceptors (Lipinski definition) is 2. The van der Waals surface area contributed by atoms with E-state index in [-0.39, 0.29) is 0 Å². The first-order chi connectivity index (χ1) is 7.84. The van der Waals surface area contributed by atoms with Crippen molar-refractivity contribution < 1.29 is 4.74 Å². The van der Waals surface area contributed by atoms with Gasteiger partial charge in [0.05, 0.1) is 0 Å². The van der Waals surface area contributed by atoms with E-state index in [0.717, 1.165) is 23.7 Å². The Morgan fingerprint density at radius 1 is 1.19 bits per heavy atom. The Morgan fingerprint density at radius 2 is 1.88 bits per heavy atom. The van der Waals surface area contributed by atoms with Gasteiger partial charge < -0.3 is 4.74 Å². The molecule has 3 heteroatoms. The third-order valence-electron chi connectivity index (χ3n) is 2.94. The zero-order valence-electron chi connectivity index (χ0n) is 9.44. The highest BCUT2D eigenvalue weighted by Crippen LogP contribution is 2.17. The molecule has 1 saturated heterocycles. The predicted molar refractivity (Wildman–Crippen MR) is 70.3 cm³/mol. The van der Waals surface area contributed by atoms with Crippen molar-refractivity contribution in [2.75, 3.05) is 26.2 Å². The fourth-order valence-electron chi connectivity index (χ4n) is 1.93. The summed E-state index contributed by atoms with van der Waals surface area (Å²) in [6, 6.07) is 10.0. The lowest BCUT2D eigenvalue weighted by Gasteiger charge is -2.29. The zero-order chi connectivity index (χ0) is 11.2. The van der Waals surface area contributed by atoms with Crippen molar-refractivity contribution in [3.63, 3.8) is 0 Å². The van der Waals surface area contributed by atoms with E-state index in [9.17, 15) is 0 Å². The van der Waals surface area contributed by atoms with E-state index < -0.39 is 0 Å². The number of benzene rings is 1. The van der Waals surface area contributed by atoms with Gasteiger partial charge in [0, 0.05) is 11.4 Å². The van der Waals surface area contributed by atoms with Crippen LogP contribution in [-0.2, 0) is 0 Å². The van der Waals surface area contributed by atoms with Gasteiger partial charge in [-0.2, -0.15) is 0 Å². The first-order valence-corrected chi connectivity index (χ1v) is 6.80. The van der Waals surface area contributed by atoms with Crippen molar-refractivity contribution in [2.45, 2.75) is 17.7 Å². The van der Waals surface area contributed by atoms with Gasteiger partial charge in [0.15, 0.2) is 0 Å². The number of likely N-dealkylation sites (tertiary alicyclic amines) is 1. The fraction of sp³-hybridized carbons (Fsp3) is 0.538. The molecule has 0 bridgehead atoms. The number of ether oxygens (including phenoxy) is 1. The summed E-state index contributed by atoms with van der Waals surface area (Å²) < 4.78 is 5.68. The highest BCUT2D eigenvalue weighted by molar-refractivity contribution is 9.09. The Hall–Kier alpha value is -0.540. The van der Waals surface area contributed by atoms with Gasteiger partial charge >= 0.3 is 0 Å². The molecule has 0 atom stereocenters. The highest BCUT2D eigenvalue weighted by atomic mass is 79.9. The van der Waals surface area contributed by atoms with E-state index in [1.165, 1.54) is 25.9 Å². The predicted octanol–water partition coefficient (Wildman–Crippen LogP) is 2.92. The molecular weight excluding hydrogens is 266 g/mol. The van der Waals surface area contributed by atoms with Crippen molar-refractivity contribution >= 4 is 15.9 Å². The molecule has 0 N–H and O–H groups in total. The van der Waals surface area contributed by atoms with Crippen LogP contribution in [0.25, 0.3) is 0 Å². The largest absolute Gasteiger partial charge is 0.492 e. The summed E-state index contributed by atoms with van der Waals surface area (Å²) in [5, 5.41) is 0. The minimum atomic E-state index is 0.721. The van der Waals surface area contributed by atoms with Gasteiger partial charge in [-0.25, -0.2) is 0 Å². The van der Waals surface area contributed by atoms with Crippen molar-refractivity contribution in [3.05, 3.63) is 30.3 Å². The van der Waals surface area contributed by atoms with Crippen LogP contribution < -0.4 is 4.74 Å². The van der Waals surface area contributed by atoms with E-state index in [0.29, 0.717) is 0 Å². The Labute approximate surface area is 106 Å². The molecule has 0 aliphatic carbocycles. The molecule has 0 amide bonds. The second-order valence-electron chi connectivity index (χ2n) is 4.18. The van der Waals surface area contributed by atoms with Crippen LogP contribution >= 0.6 is 15.9 Å². The number of nitrogens with zero attached hydrogens (tertiary/aromatic N) is 1. The van der Waals surface area contributed by atoms with Gasteiger partial charge in [-0.05, 0) is 38.1 Å². The summed E-state index contributed by atoms with van der Waals surface area (Å²) in [4.78, 5) is 3.19. The topological polar surface area (TPSA) is 12.5 Å². The van der Waals surface area contributed by atoms with Gasteiger partial charge in [-0.15, -0.1) is 0 Å². The molecule has 16 heavy (non-hydrogen) atoms. The summed E-state index contributed by atoms with van der Waals surface area (Å²) in [6.07, 6.45) is 2.51. The van der Waals surface area contributed by atoms with Crippen molar-refractivity contribution in [3.8, 4) is 5.75 Å². The molecule has 1 fully saturated rings. The van der Waals surface area contributed by atoms with Gasteiger partial charge in [-0.3, -0.25) is 4.90 Å². The fourth-order valence-corrected chi connectivity index (χ4v) is 2.34. The Kier molecular flexibility index (Phi) is 4.67. The van der Waals surface area contributed by atoms with Crippen molar-refractivity contribution in [2.24, 2.45) is 0 Å². The number of alkyl halides is 1. The van der Waals surface area contributed by atoms with Gasteiger partial charge in [0.1, 0.15) is 12.4 Å². The molecule has 1 heterocycles. The van der Waals surface area contributed by atoms with Crippen LogP contribution in [-0.4, -0.2) is 36.0 Å². The highest BCUT2D eigenvalue weighted by Gasteiger charge is 2.16. The lowest BCUT2D eigenvalue weighted by molar-refractivity contribution is 0.186. The molecular formula is C13H18BrNO. The Balaban J connectivity index is 1.65. The monoisotopic (exact) mass is 283 g/mol. The molecule has 1 aliphatic heterocycles. The molecule has 0 spiro atoms. The molecule has 1 aromatic rings. The third-order valence-corrected chi connectivity index (χ3v) is 3.85. The quantitative estimate of drug-likeness (QED) is 0.788. The first kappa shape index (κ1) is 11.9. The maximum absolute atomic E-state index is 5.68. The standard InChI is InChI=1S/C13H18BrNO/c14-12-6-8-15(9-7-12)10-11-16-13-4-2-1-3-5-13/h1-5,12H,6-11H2. The van der Waals surface area contributed by atoms with Crippen molar-refractivity contribution in [1.82, 2.24) is 4.90 Å². The summed E-state index contributed by atoms with van der Waals surface area (Å²) >= 11 is 3.66. The molecule has 1 aromatic carbocycles. The summed E-state index contributed by atoms with van der Waals surface area (Å²) in [7, 11) is 0. The normalized spacial score (nSPS) is 18.6. The van der Waals surface area contributed by atoms with Crippen LogP contribution in [0.5, 0.6) is 5.75 Å². The second kappa shape index (κ2) is 6.26. The molecule has 0 saturated carbocycles. The lowest BCUT2D eigenvalue weighted by Crippen LogP contribution is -2.36. The Bertz CT molecular complexity index is 296. The van der Waals surface area contributed by atoms with E-state index >= 15 is 0 Å². The molecule has 0 unspecified atom stereocenters. The van der Waals surface area contributed by atoms with Crippen LogP contribution in [0.4, 0.5) is 0 Å². The van der Waals surface area contributed by atoms with Crippen LogP contribution in [0.2, 0.25) is 0 Å². The maximum Gasteiger partial charge on any atom is 0.119 e. The molecule has 0 radical (unpaired) electrons. The van der Waals surface area contributed by atoms with Crippen LogP contribution in [0.3, 0.4) is 0 Å². The summed E-state index contributed by atoms with van der Waals surface area (Å²) in [6.45, 7) is 4.20. The zero-order valence-corrected chi connectivity index (χ0v) is 11.0. The number of rotatable bonds is 4. The smallest absolute Gasteiger partial charge is 0.119 e. The Morgan fingerprint density at radius 3 is 2.56 bits per heavy atom. The van der Waals surface area contributed by atoms with Crippen LogP contribution in [0.1, 0.15) is 12.8 Å². The SMILES string of the molecule is BrC1CCN(CCOc2ccccc2)CC1. The van der Waals surface area contributed by atoms with Gasteiger partial charge in [-0.1, -0.05) is 34.1 Å². The maximum atomic E-state index is 5.68. The van der Waals surface area contributed by atoms with E-state index in [1.54, 1.807) is 0 Å². The number of hydrogen-bond donors (Lipinski definition) is 0. The lowest BCUT2D eigenvalue weighted by atomic mass is 10.1. The van der Waals surface area contributed by atoms with Gasteiger partial charge in [0.25, 0.3) is 0 Å². The summed E-state index contributed by atoms with van der Waals surface area (Å²) in [5.41, 5.74) is 0.